The number of thiazole rings is 1. The molecule has 0 spiro atoms. The van der Waals surface area contributed by atoms with Crippen molar-refractivity contribution in [2.24, 2.45) is 0 Å². The first-order chi connectivity index (χ1) is 9.13. The Morgan fingerprint density at radius 2 is 2.00 bits per heavy atom. The fourth-order valence-corrected chi connectivity index (χ4v) is 2.00. The number of hydrogen-bond donors (Lipinski definition) is 1. The highest BCUT2D eigenvalue weighted by molar-refractivity contribution is 7.13. The van der Waals surface area contributed by atoms with Crippen molar-refractivity contribution in [3.8, 4) is 23.0 Å². The third-order valence-corrected chi connectivity index (χ3v) is 3.02. The Labute approximate surface area is 109 Å². The number of halogens is 2. The molecule has 3 aromatic rings. The first-order valence-electron chi connectivity index (χ1n) is 5.14. The molecule has 96 valence electrons. The first-order valence-corrected chi connectivity index (χ1v) is 6.02. The first kappa shape index (κ1) is 11.7. The summed E-state index contributed by atoms with van der Waals surface area (Å²) < 4.78 is 30.9. The summed E-state index contributed by atoms with van der Waals surface area (Å²) in [6.45, 7) is 0. The third-order valence-electron chi connectivity index (χ3n) is 2.34. The predicted molar refractivity (Wildman–Crippen MR) is 65.2 cm³/mol. The second kappa shape index (κ2) is 4.39. The van der Waals surface area contributed by atoms with Gasteiger partial charge in [-0.05, 0) is 18.2 Å². The topological polar surface area (TPSA) is 77.8 Å². The number of benzene rings is 1. The van der Waals surface area contributed by atoms with Crippen molar-refractivity contribution in [3.05, 3.63) is 35.2 Å². The Bertz CT molecular complexity index is 740. The largest absolute Gasteiger partial charge is 0.375 e. The molecule has 0 saturated heterocycles. The van der Waals surface area contributed by atoms with Gasteiger partial charge in [0.15, 0.2) is 16.8 Å². The molecule has 2 aromatic heterocycles. The van der Waals surface area contributed by atoms with Crippen LogP contribution in [0, 0.1) is 11.6 Å². The Balaban J connectivity index is 1.98. The molecule has 3 rings (SSSR count). The van der Waals surface area contributed by atoms with Crippen LogP contribution in [-0.2, 0) is 0 Å². The number of hydrogen-bond acceptors (Lipinski definition) is 6. The number of nitrogens with zero attached hydrogens (tertiary/aromatic N) is 3. The van der Waals surface area contributed by atoms with Crippen LogP contribution < -0.4 is 5.73 Å². The zero-order valence-electron chi connectivity index (χ0n) is 9.30. The molecule has 0 saturated carbocycles. The van der Waals surface area contributed by atoms with Crippen molar-refractivity contribution in [3.63, 3.8) is 0 Å². The quantitative estimate of drug-likeness (QED) is 0.781. The number of rotatable bonds is 2. The van der Waals surface area contributed by atoms with E-state index in [1.54, 1.807) is 5.38 Å². The fraction of sp³-hybridized carbons (Fsp3) is 0. The van der Waals surface area contributed by atoms with Crippen LogP contribution in [0.4, 0.5) is 13.9 Å². The van der Waals surface area contributed by atoms with Crippen molar-refractivity contribution in [1.29, 1.82) is 0 Å². The summed E-state index contributed by atoms with van der Waals surface area (Å²) in [5, 5.41) is 5.73. The molecule has 0 amide bonds. The lowest BCUT2D eigenvalue weighted by Crippen LogP contribution is -1.87. The van der Waals surface area contributed by atoms with Crippen LogP contribution in [0.15, 0.2) is 28.1 Å². The number of anilines is 1. The summed E-state index contributed by atoms with van der Waals surface area (Å²) in [7, 11) is 0. The van der Waals surface area contributed by atoms with Gasteiger partial charge in [-0.2, -0.15) is 4.98 Å². The van der Waals surface area contributed by atoms with E-state index >= 15 is 0 Å². The molecule has 0 unspecified atom stereocenters. The van der Waals surface area contributed by atoms with Crippen LogP contribution in [0.2, 0.25) is 0 Å². The van der Waals surface area contributed by atoms with Crippen LogP contribution in [-0.4, -0.2) is 15.1 Å². The molecular weight excluding hydrogens is 274 g/mol. The van der Waals surface area contributed by atoms with E-state index in [0.29, 0.717) is 16.4 Å². The Morgan fingerprint density at radius 1 is 1.16 bits per heavy atom. The summed E-state index contributed by atoms with van der Waals surface area (Å²) in [5.74, 6) is -1.57. The van der Waals surface area contributed by atoms with Crippen LogP contribution in [0.3, 0.4) is 0 Å². The number of nitrogens with two attached hydrogens (primary N) is 1. The molecule has 0 aliphatic heterocycles. The summed E-state index contributed by atoms with van der Waals surface area (Å²) in [4.78, 5) is 8.04. The van der Waals surface area contributed by atoms with E-state index in [1.165, 1.54) is 17.4 Å². The monoisotopic (exact) mass is 280 g/mol. The number of aromatic nitrogens is 3. The molecular formula is C11H6F2N4OS. The van der Waals surface area contributed by atoms with Crippen molar-refractivity contribution < 1.29 is 13.3 Å². The maximum absolute atomic E-state index is 13.1. The minimum absolute atomic E-state index is 0.153. The Hall–Kier alpha value is -2.35. The van der Waals surface area contributed by atoms with Gasteiger partial charge in [-0.25, -0.2) is 13.8 Å². The van der Waals surface area contributed by atoms with Crippen molar-refractivity contribution in [2.45, 2.75) is 0 Å². The minimum Gasteiger partial charge on any atom is -0.375 e. The molecule has 5 nitrogen and oxygen atoms in total. The maximum Gasteiger partial charge on any atom is 0.277 e. The lowest BCUT2D eigenvalue weighted by Gasteiger charge is -1.95. The highest BCUT2D eigenvalue weighted by Crippen LogP contribution is 2.25. The van der Waals surface area contributed by atoms with Gasteiger partial charge in [-0.15, -0.1) is 11.3 Å². The van der Waals surface area contributed by atoms with E-state index in [1.807, 2.05) is 0 Å². The van der Waals surface area contributed by atoms with Gasteiger partial charge < -0.3 is 10.3 Å². The standard InChI is InChI=1S/C11H6F2N4OS/c12-6-2-1-5(3-7(6)13)9-16-10(18-17-9)8-4-19-11(14)15-8/h1-4H,(H2,14,15). The van der Waals surface area contributed by atoms with Gasteiger partial charge in [0.25, 0.3) is 5.89 Å². The van der Waals surface area contributed by atoms with Gasteiger partial charge >= 0.3 is 0 Å². The normalized spacial score (nSPS) is 10.8. The molecule has 0 fully saturated rings. The van der Waals surface area contributed by atoms with Crippen LogP contribution in [0.5, 0.6) is 0 Å². The average molecular weight is 280 g/mol. The summed E-state index contributed by atoms with van der Waals surface area (Å²) >= 11 is 1.24. The van der Waals surface area contributed by atoms with Crippen LogP contribution >= 0.6 is 11.3 Å². The molecule has 19 heavy (non-hydrogen) atoms. The molecule has 0 bridgehead atoms. The number of nitrogen functional groups attached to an aromatic ring is 1. The van der Waals surface area contributed by atoms with Crippen molar-refractivity contribution in [1.82, 2.24) is 15.1 Å². The smallest absolute Gasteiger partial charge is 0.277 e. The second-order valence-electron chi connectivity index (χ2n) is 3.62. The molecule has 1 aromatic carbocycles. The fourth-order valence-electron chi connectivity index (χ4n) is 1.47. The van der Waals surface area contributed by atoms with Gasteiger partial charge in [-0.3, -0.25) is 0 Å². The third kappa shape index (κ3) is 2.17. The zero-order valence-corrected chi connectivity index (χ0v) is 10.1. The Morgan fingerprint density at radius 3 is 2.68 bits per heavy atom. The SMILES string of the molecule is Nc1nc(-c2nc(-c3ccc(F)c(F)c3)no2)cs1. The summed E-state index contributed by atoms with van der Waals surface area (Å²) in [6.07, 6.45) is 0. The van der Waals surface area contributed by atoms with E-state index in [-0.39, 0.29) is 11.7 Å². The molecule has 0 radical (unpaired) electrons. The van der Waals surface area contributed by atoms with Gasteiger partial charge in [0.05, 0.1) is 0 Å². The second-order valence-corrected chi connectivity index (χ2v) is 4.51. The average Bonchev–Trinajstić information content (AvgIpc) is 3.01. The minimum atomic E-state index is -0.971. The van der Waals surface area contributed by atoms with Gasteiger partial charge in [0.2, 0.25) is 5.82 Å². The maximum atomic E-state index is 13.1. The molecule has 0 atom stereocenters. The van der Waals surface area contributed by atoms with Crippen LogP contribution in [0.25, 0.3) is 23.0 Å². The molecule has 0 aliphatic carbocycles. The lowest BCUT2D eigenvalue weighted by atomic mass is 10.2. The molecule has 2 heterocycles. The van der Waals surface area contributed by atoms with E-state index < -0.39 is 11.6 Å². The van der Waals surface area contributed by atoms with Gasteiger partial charge in [-0.1, -0.05) is 5.16 Å². The van der Waals surface area contributed by atoms with E-state index in [9.17, 15) is 8.78 Å². The molecule has 0 aliphatic rings. The van der Waals surface area contributed by atoms with E-state index in [4.69, 9.17) is 10.3 Å². The highest BCUT2D eigenvalue weighted by atomic mass is 32.1. The lowest BCUT2D eigenvalue weighted by molar-refractivity contribution is 0.431. The van der Waals surface area contributed by atoms with E-state index in [2.05, 4.69) is 15.1 Å². The van der Waals surface area contributed by atoms with Crippen LogP contribution in [0.1, 0.15) is 0 Å². The Kier molecular flexibility index (Phi) is 2.71. The van der Waals surface area contributed by atoms with Crippen molar-refractivity contribution >= 4 is 16.5 Å². The van der Waals surface area contributed by atoms with E-state index in [0.717, 1.165) is 12.1 Å². The molecule has 2 N–H and O–H groups in total. The predicted octanol–water partition coefficient (Wildman–Crippen LogP) is 2.72. The summed E-state index contributed by atoms with van der Waals surface area (Å²) in [6, 6.07) is 3.36. The van der Waals surface area contributed by atoms with Gasteiger partial charge in [0, 0.05) is 10.9 Å². The van der Waals surface area contributed by atoms with Crippen molar-refractivity contribution in [2.75, 3.05) is 5.73 Å². The summed E-state index contributed by atoms with van der Waals surface area (Å²) in [5.41, 5.74) is 6.26. The highest BCUT2D eigenvalue weighted by Gasteiger charge is 2.14. The van der Waals surface area contributed by atoms with Gasteiger partial charge in [0.1, 0.15) is 5.69 Å². The zero-order chi connectivity index (χ0) is 13.4. The molecule has 8 heteroatoms.